The highest BCUT2D eigenvalue weighted by Crippen LogP contribution is 2.45. The van der Waals surface area contributed by atoms with Crippen LogP contribution in [-0.2, 0) is 0 Å². The number of benzene rings is 11. The molecule has 0 spiro atoms. The van der Waals surface area contributed by atoms with Crippen LogP contribution in [0.15, 0.2) is 241 Å². The van der Waals surface area contributed by atoms with Gasteiger partial charge in [0.25, 0.3) is 0 Å². The Kier molecular flexibility index (Phi) is 8.56. The minimum Gasteiger partial charge on any atom is -0.456 e. The molecule has 0 saturated heterocycles. The van der Waals surface area contributed by atoms with Crippen LogP contribution in [0.2, 0.25) is 0 Å². The summed E-state index contributed by atoms with van der Waals surface area (Å²) in [5.74, 6) is 1.76. The van der Waals surface area contributed by atoms with Crippen molar-refractivity contribution in [2.75, 3.05) is 0 Å². The Balaban J connectivity index is 0.912. The average molecular weight is 906 g/mol. The molecule has 0 fully saturated rings. The predicted molar refractivity (Wildman–Crippen MR) is 292 cm³/mol. The molecule has 0 unspecified atom stereocenters. The summed E-state index contributed by atoms with van der Waals surface area (Å²) in [7, 11) is 0. The SMILES string of the molecule is c1ccc(-c2cccc(-c3nc(-c4cccc(-c5ccccc5)c4)nc(-n4c5ccccc5c5cc(-c6ccc7c8c6ccc6cccc(c68)n7-c6ccc7oc8ccccc8c7c6)ccc54)n3)c2)cc1. The van der Waals surface area contributed by atoms with Gasteiger partial charge in [-0.1, -0.05) is 170 Å². The molecule has 4 aromatic heterocycles. The Hall–Kier alpha value is -9.65. The number of hydrogen-bond donors (Lipinski definition) is 0. The lowest BCUT2D eigenvalue weighted by atomic mass is 9.94. The van der Waals surface area contributed by atoms with Gasteiger partial charge in [0, 0.05) is 49.1 Å². The lowest BCUT2D eigenvalue weighted by Gasteiger charge is -2.13. The van der Waals surface area contributed by atoms with Gasteiger partial charge in [-0.15, -0.1) is 0 Å². The molecule has 0 saturated carbocycles. The van der Waals surface area contributed by atoms with Gasteiger partial charge in [0.15, 0.2) is 11.6 Å². The average Bonchev–Trinajstić information content (AvgIpc) is 4.11. The van der Waals surface area contributed by atoms with E-state index in [1.54, 1.807) is 0 Å². The zero-order valence-electron chi connectivity index (χ0n) is 38.2. The van der Waals surface area contributed by atoms with Crippen molar-refractivity contribution < 1.29 is 4.42 Å². The third-order valence-corrected chi connectivity index (χ3v) is 14.3. The smallest absolute Gasteiger partial charge is 0.238 e. The molecule has 0 atom stereocenters. The summed E-state index contributed by atoms with van der Waals surface area (Å²) in [6.45, 7) is 0. The summed E-state index contributed by atoms with van der Waals surface area (Å²) in [6, 6.07) is 84.0. The van der Waals surface area contributed by atoms with E-state index in [9.17, 15) is 0 Å². The third kappa shape index (κ3) is 6.18. The highest BCUT2D eigenvalue weighted by atomic mass is 16.3. The summed E-state index contributed by atoms with van der Waals surface area (Å²) in [5.41, 5.74) is 15.9. The number of furan rings is 1. The van der Waals surface area contributed by atoms with E-state index in [1.165, 1.54) is 38.1 Å². The summed E-state index contributed by atoms with van der Waals surface area (Å²) >= 11 is 0. The molecular weight excluding hydrogens is 867 g/mol. The van der Waals surface area contributed by atoms with E-state index in [0.717, 1.165) is 88.4 Å². The minimum atomic E-state index is 0.556. The second kappa shape index (κ2) is 15.4. The van der Waals surface area contributed by atoms with E-state index in [-0.39, 0.29) is 0 Å². The van der Waals surface area contributed by atoms with Gasteiger partial charge in [-0.25, -0.2) is 4.98 Å². The van der Waals surface area contributed by atoms with E-state index < -0.39 is 0 Å². The van der Waals surface area contributed by atoms with Crippen molar-refractivity contribution in [3.63, 3.8) is 0 Å². The summed E-state index contributed by atoms with van der Waals surface area (Å²) in [5, 5.41) is 9.43. The van der Waals surface area contributed by atoms with Crippen molar-refractivity contribution in [1.29, 1.82) is 0 Å². The third-order valence-electron chi connectivity index (χ3n) is 14.3. The molecule has 0 N–H and O–H groups in total. The van der Waals surface area contributed by atoms with Crippen molar-refractivity contribution in [2.24, 2.45) is 0 Å². The van der Waals surface area contributed by atoms with Crippen molar-refractivity contribution in [3.05, 3.63) is 237 Å². The number of para-hydroxylation sites is 2. The highest BCUT2D eigenvalue weighted by molar-refractivity contribution is 6.27. The molecular formula is C65H39N5O. The zero-order valence-corrected chi connectivity index (χ0v) is 38.2. The molecule has 6 heteroatoms. The molecule has 330 valence electrons. The van der Waals surface area contributed by atoms with Crippen LogP contribution in [-0.4, -0.2) is 24.1 Å². The maximum absolute atomic E-state index is 6.25. The van der Waals surface area contributed by atoms with E-state index in [4.69, 9.17) is 19.4 Å². The van der Waals surface area contributed by atoms with Crippen LogP contribution in [0.4, 0.5) is 0 Å². The molecule has 11 aromatic carbocycles. The number of hydrogen-bond acceptors (Lipinski definition) is 4. The van der Waals surface area contributed by atoms with Crippen LogP contribution in [0.5, 0.6) is 0 Å². The molecule has 71 heavy (non-hydrogen) atoms. The lowest BCUT2D eigenvalue weighted by Crippen LogP contribution is -2.06. The first-order valence-corrected chi connectivity index (χ1v) is 24.0. The maximum atomic E-state index is 6.25. The Labute approximate surface area is 407 Å². The highest BCUT2D eigenvalue weighted by Gasteiger charge is 2.22. The molecule has 0 amide bonds. The van der Waals surface area contributed by atoms with Gasteiger partial charge in [-0.3, -0.25) is 4.57 Å². The van der Waals surface area contributed by atoms with Crippen molar-refractivity contribution in [2.45, 2.75) is 0 Å². The largest absolute Gasteiger partial charge is 0.456 e. The second-order valence-electron chi connectivity index (χ2n) is 18.4. The van der Waals surface area contributed by atoms with E-state index >= 15 is 0 Å². The summed E-state index contributed by atoms with van der Waals surface area (Å²) in [6.07, 6.45) is 0. The Morgan fingerprint density at radius 3 is 1.65 bits per heavy atom. The fourth-order valence-corrected chi connectivity index (χ4v) is 11.1. The second-order valence-corrected chi connectivity index (χ2v) is 18.4. The van der Waals surface area contributed by atoms with Crippen molar-refractivity contribution in [3.8, 4) is 67.8 Å². The Bertz CT molecular complexity index is 4480. The first-order valence-electron chi connectivity index (χ1n) is 24.0. The molecule has 0 bridgehead atoms. The first-order chi connectivity index (χ1) is 35.2. The van der Waals surface area contributed by atoms with Gasteiger partial charge >= 0.3 is 0 Å². The van der Waals surface area contributed by atoms with Crippen LogP contribution in [0.25, 0.3) is 144 Å². The number of aromatic nitrogens is 5. The van der Waals surface area contributed by atoms with Crippen LogP contribution in [0.3, 0.4) is 0 Å². The molecule has 0 aliphatic heterocycles. The van der Waals surface area contributed by atoms with Gasteiger partial charge in [0.05, 0.1) is 22.1 Å². The van der Waals surface area contributed by atoms with Gasteiger partial charge in [-0.05, 0) is 111 Å². The van der Waals surface area contributed by atoms with Crippen molar-refractivity contribution >= 4 is 76.3 Å². The van der Waals surface area contributed by atoms with Gasteiger partial charge in [0.1, 0.15) is 11.2 Å². The molecule has 4 heterocycles. The lowest BCUT2D eigenvalue weighted by molar-refractivity contribution is 0.669. The molecule has 15 rings (SSSR count). The maximum Gasteiger partial charge on any atom is 0.238 e. The monoisotopic (exact) mass is 905 g/mol. The predicted octanol–water partition coefficient (Wildman–Crippen LogP) is 16.9. The summed E-state index contributed by atoms with van der Waals surface area (Å²) in [4.78, 5) is 15.9. The van der Waals surface area contributed by atoms with Crippen LogP contribution in [0.1, 0.15) is 0 Å². The van der Waals surface area contributed by atoms with E-state index in [1.807, 2.05) is 24.3 Å². The first kappa shape index (κ1) is 39.4. The molecule has 0 radical (unpaired) electrons. The van der Waals surface area contributed by atoms with Gasteiger partial charge < -0.3 is 8.98 Å². The topological polar surface area (TPSA) is 61.7 Å². The van der Waals surface area contributed by atoms with Gasteiger partial charge in [-0.2, -0.15) is 9.97 Å². The van der Waals surface area contributed by atoms with Crippen LogP contribution in [0, 0.1) is 0 Å². The standard InChI is InChI=1S/C65H39N5O/c1-3-14-40(15-4-1)43-19-11-21-46(36-43)63-66-64(47-22-12-20-44(37-47)41-16-5-2-6-17-41)68-65(67-63)70-55-25-9-7-23-50(55)53-38-45(29-33-56(53)70)49-32-34-58-62-52(49)31-28-42-18-13-26-57(61(42)62)69(58)48-30-35-60-54(39-48)51-24-8-10-27-59(51)71-60/h1-39H. The molecule has 0 aliphatic carbocycles. The van der Waals surface area contributed by atoms with E-state index in [0.29, 0.717) is 17.6 Å². The molecule has 0 aliphatic rings. The van der Waals surface area contributed by atoms with Crippen molar-refractivity contribution in [1.82, 2.24) is 24.1 Å². The zero-order chi connectivity index (χ0) is 46.6. The quantitative estimate of drug-likeness (QED) is 0.150. The normalized spacial score (nSPS) is 11.9. The van der Waals surface area contributed by atoms with Crippen LogP contribution >= 0.6 is 0 Å². The van der Waals surface area contributed by atoms with Gasteiger partial charge in [0.2, 0.25) is 5.95 Å². The van der Waals surface area contributed by atoms with E-state index in [2.05, 4.69) is 221 Å². The van der Waals surface area contributed by atoms with Crippen LogP contribution < -0.4 is 0 Å². The fourth-order valence-electron chi connectivity index (χ4n) is 11.1. The summed E-state index contributed by atoms with van der Waals surface area (Å²) < 4.78 is 10.9. The number of nitrogens with zero attached hydrogens (tertiary/aromatic N) is 5. The number of rotatable bonds is 7. The minimum absolute atomic E-state index is 0.556. The molecule has 6 nitrogen and oxygen atoms in total. The molecule has 15 aromatic rings. The Morgan fingerprint density at radius 2 is 0.887 bits per heavy atom. The fraction of sp³-hybridized carbons (Fsp3) is 0. The number of fused-ring (bicyclic) bond motifs is 6. The Morgan fingerprint density at radius 1 is 0.296 bits per heavy atom.